The van der Waals surface area contributed by atoms with Crippen molar-refractivity contribution in [3.63, 3.8) is 0 Å². The number of aromatic nitrogens is 2. The summed E-state index contributed by atoms with van der Waals surface area (Å²) >= 11 is 0. The molecule has 1 N–H and O–H groups in total. The van der Waals surface area contributed by atoms with Crippen LogP contribution in [0.25, 0.3) is 0 Å². The Labute approximate surface area is 88.5 Å². The molecule has 2 rings (SSSR count). The second-order valence-electron chi connectivity index (χ2n) is 3.61. The first-order chi connectivity index (χ1) is 7.36. The van der Waals surface area contributed by atoms with E-state index >= 15 is 0 Å². The molecular formula is C10H14N4O. The van der Waals surface area contributed by atoms with Crippen LogP contribution in [0.15, 0.2) is 18.5 Å². The minimum Gasteiger partial charge on any atom is -0.325 e. The van der Waals surface area contributed by atoms with Crippen molar-refractivity contribution < 1.29 is 4.79 Å². The molecule has 15 heavy (non-hydrogen) atoms. The summed E-state index contributed by atoms with van der Waals surface area (Å²) in [6.07, 6.45) is 6.53. The highest BCUT2D eigenvalue weighted by Gasteiger charge is 2.15. The number of carbonyl (C=O) groups excluding carboxylic acids is 1. The van der Waals surface area contributed by atoms with Crippen molar-refractivity contribution in [2.75, 3.05) is 18.4 Å². The third kappa shape index (κ3) is 2.65. The lowest BCUT2D eigenvalue weighted by Gasteiger charge is -2.26. The van der Waals surface area contributed by atoms with Gasteiger partial charge in [0.2, 0.25) is 0 Å². The number of carbonyl (C=O) groups is 1. The summed E-state index contributed by atoms with van der Waals surface area (Å²) in [4.78, 5) is 13.6. The van der Waals surface area contributed by atoms with Crippen LogP contribution in [0, 0.1) is 0 Å². The molecule has 5 nitrogen and oxygen atoms in total. The lowest BCUT2D eigenvalue weighted by molar-refractivity contribution is 0.200. The lowest BCUT2D eigenvalue weighted by Crippen LogP contribution is -2.38. The van der Waals surface area contributed by atoms with Crippen LogP contribution in [-0.4, -0.2) is 34.2 Å². The van der Waals surface area contributed by atoms with Crippen LogP contribution < -0.4 is 5.32 Å². The van der Waals surface area contributed by atoms with E-state index in [2.05, 4.69) is 15.5 Å². The Kier molecular flexibility index (Phi) is 3.11. The number of piperidine rings is 1. The Morgan fingerprint density at radius 2 is 2.07 bits per heavy atom. The average Bonchev–Trinajstić information content (AvgIpc) is 2.31. The molecule has 0 unspecified atom stereocenters. The second kappa shape index (κ2) is 4.72. The van der Waals surface area contributed by atoms with Gasteiger partial charge in [0.15, 0.2) is 0 Å². The van der Waals surface area contributed by atoms with Crippen LogP contribution in [0.5, 0.6) is 0 Å². The first-order valence-corrected chi connectivity index (χ1v) is 5.19. The lowest BCUT2D eigenvalue weighted by atomic mass is 10.1. The Morgan fingerprint density at radius 1 is 1.27 bits per heavy atom. The van der Waals surface area contributed by atoms with Gasteiger partial charge in [-0.25, -0.2) is 4.79 Å². The van der Waals surface area contributed by atoms with E-state index in [1.165, 1.54) is 6.42 Å². The third-order valence-corrected chi connectivity index (χ3v) is 2.48. The fourth-order valence-corrected chi connectivity index (χ4v) is 1.66. The molecule has 0 spiro atoms. The van der Waals surface area contributed by atoms with Crippen LogP contribution in [0.2, 0.25) is 0 Å². The van der Waals surface area contributed by atoms with Gasteiger partial charge in [0.1, 0.15) is 0 Å². The zero-order valence-electron chi connectivity index (χ0n) is 8.52. The monoisotopic (exact) mass is 206 g/mol. The number of amides is 2. The third-order valence-electron chi connectivity index (χ3n) is 2.48. The van der Waals surface area contributed by atoms with Crippen molar-refractivity contribution >= 4 is 11.7 Å². The molecule has 0 atom stereocenters. The molecule has 1 aromatic heterocycles. The van der Waals surface area contributed by atoms with E-state index in [9.17, 15) is 4.79 Å². The standard InChI is InChI=1S/C10H14N4O/c15-10(14-6-2-1-3-7-14)13-9-4-5-11-12-8-9/h4-5,8H,1-3,6-7H2,(H,11,13,15). The van der Waals surface area contributed by atoms with E-state index in [4.69, 9.17) is 0 Å². The number of nitrogens with zero attached hydrogens (tertiary/aromatic N) is 3. The summed E-state index contributed by atoms with van der Waals surface area (Å²) in [7, 11) is 0. The number of rotatable bonds is 1. The van der Waals surface area contributed by atoms with Crippen molar-refractivity contribution in [2.24, 2.45) is 0 Å². The zero-order valence-corrected chi connectivity index (χ0v) is 8.52. The molecule has 1 fully saturated rings. The van der Waals surface area contributed by atoms with E-state index in [-0.39, 0.29) is 6.03 Å². The molecule has 1 aliphatic heterocycles. The molecule has 0 aliphatic carbocycles. The molecule has 2 heterocycles. The minimum atomic E-state index is -0.0392. The SMILES string of the molecule is O=C(Nc1ccnnc1)N1CCCCC1. The Morgan fingerprint density at radius 3 is 2.73 bits per heavy atom. The summed E-state index contributed by atoms with van der Waals surface area (Å²) < 4.78 is 0. The number of hydrogen-bond acceptors (Lipinski definition) is 3. The van der Waals surface area contributed by atoms with Crippen LogP contribution in [0.1, 0.15) is 19.3 Å². The second-order valence-corrected chi connectivity index (χ2v) is 3.61. The normalized spacial score (nSPS) is 16.1. The fraction of sp³-hybridized carbons (Fsp3) is 0.500. The van der Waals surface area contributed by atoms with Crippen molar-refractivity contribution in [2.45, 2.75) is 19.3 Å². The van der Waals surface area contributed by atoms with Gasteiger partial charge in [0.05, 0.1) is 18.1 Å². The quantitative estimate of drug-likeness (QED) is 0.757. The van der Waals surface area contributed by atoms with Gasteiger partial charge in [0, 0.05) is 13.1 Å². The summed E-state index contributed by atoms with van der Waals surface area (Å²) in [5.41, 5.74) is 0.695. The minimum absolute atomic E-state index is 0.0392. The Balaban J connectivity index is 1.91. The maximum atomic E-state index is 11.7. The molecule has 5 heteroatoms. The molecule has 0 radical (unpaired) electrons. The first kappa shape index (κ1) is 9.89. The molecule has 0 aromatic carbocycles. The Bertz CT molecular complexity index is 321. The van der Waals surface area contributed by atoms with Crippen LogP contribution >= 0.6 is 0 Å². The fourth-order valence-electron chi connectivity index (χ4n) is 1.66. The summed E-state index contributed by atoms with van der Waals surface area (Å²) in [5.74, 6) is 0. The molecule has 1 aromatic rings. The maximum absolute atomic E-state index is 11.7. The highest BCUT2D eigenvalue weighted by molar-refractivity contribution is 5.89. The smallest absolute Gasteiger partial charge is 0.321 e. The van der Waals surface area contributed by atoms with Crippen LogP contribution in [0.4, 0.5) is 10.5 Å². The topological polar surface area (TPSA) is 58.1 Å². The number of nitrogens with one attached hydrogen (secondary N) is 1. The summed E-state index contributed by atoms with van der Waals surface area (Å²) in [6, 6.07) is 1.69. The maximum Gasteiger partial charge on any atom is 0.321 e. The van der Waals surface area contributed by atoms with E-state index in [1.807, 2.05) is 4.90 Å². The molecular weight excluding hydrogens is 192 g/mol. The van der Waals surface area contributed by atoms with Gasteiger partial charge in [-0.3, -0.25) is 0 Å². The van der Waals surface area contributed by atoms with E-state index < -0.39 is 0 Å². The van der Waals surface area contributed by atoms with Gasteiger partial charge in [-0.1, -0.05) is 0 Å². The molecule has 0 bridgehead atoms. The van der Waals surface area contributed by atoms with Crippen molar-refractivity contribution in [1.29, 1.82) is 0 Å². The van der Waals surface area contributed by atoms with E-state index in [0.29, 0.717) is 5.69 Å². The van der Waals surface area contributed by atoms with Gasteiger partial charge < -0.3 is 10.2 Å². The molecule has 0 saturated carbocycles. The Hall–Kier alpha value is -1.65. The summed E-state index contributed by atoms with van der Waals surface area (Å²) in [5, 5.41) is 10.1. The summed E-state index contributed by atoms with van der Waals surface area (Å²) in [6.45, 7) is 1.70. The van der Waals surface area contributed by atoms with Gasteiger partial charge in [0.25, 0.3) is 0 Å². The predicted molar refractivity (Wildman–Crippen MR) is 56.5 cm³/mol. The molecule has 80 valence electrons. The van der Waals surface area contributed by atoms with Gasteiger partial charge in [-0.2, -0.15) is 10.2 Å². The number of hydrogen-bond donors (Lipinski definition) is 1. The van der Waals surface area contributed by atoms with Crippen molar-refractivity contribution in [3.05, 3.63) is 18.5 Å². The van der Waals surface area contributed by atoms with Gasteiger partial charge >= 0.3 is 6.03 Å². The number of anilines is 1. The number of likely N-dealkylation sites (tertiary alicyclic amines) is 1. The predicted octanol–water partition coefficient (Wildman–Crippen LogP) is 1.49. The molecule has 2 amide bonds. The molecule has 1 saturated heterocycles. The van der Waals surface area contributed by atoms with Crippen molar-refractivity contribution in [1.82, 2.24) is 15.1 Å². The average molecular weight is 206 g/mol. The van der Waals surface area contributed by atoms with E-state index in [1.54, 1.807) is 18.5 Å². The highest BCUT2D eigenvalue weighted by atomic mass is 16.2. The van der Waals surface area contributed by atoms with Crippen LogP contribution in [0.3, 0.4) is 0 Å². The highest BCUT2D eigenvalue weighted by Crippen LogP contribution is 2.10. The van der Waals surface area contributed by atoms with Gasteiger partial charge in [-0.05, 0) is 25.3 Å². The van der Waals surface area contributed by atoms with Gasteiger partial charge in [-0.15, -0.1) is 0 Å². The van der Waals surface area contributed by atoms with Crippen molar-refractivity contribution in [3.8, 4) is 0 Å². The van der Waals surface area contributed by atoms with Crippen LogP contribution in [-0.2, 0) is 0 Å². The molecule has 1 aliphatic rings. The number of urea groups is 1. The van der Waals surface area contributed by atoms with E-state index in [0.717, 1.165) is 25.9 Å². The first-order valence-electron chi connectivity index (χ1n) is 5.19. The zero-order chi connectivity index (χ0) is 10.5. The largest absolute Gasteiger partial charge is 0.325 e.